The molecule has 0 saturated heterocycles. The second-order valence-electron chi connectivity index (χ2n) is 11.0. The molecule has 0 heterocycles. The van der Waals surface area contributed by atoms with Crippen LogP contribution < -0.4 is 29.6 Å². The molecule has 0 aliphatic carbocycles. The topological polar surface area (TPSA) is 97.7 Å². The van der Waals surface area contributed by atoms with Gasteiger partial charge < -0.3 is 14.6 Å². The largest absolute Gasteiger partial charge is 1.00 e. The minimum atomic E-state index is -4.49. The quantitative estimate of drug-likeness (QED) is 0.0876. The molecule has 0 fully saturated rings. The molecule has 222 valence electrons. The Balaban J connectivity index is 0. The van der Waals surface area contributed by atoms with Crippen molar-refractivity contribution >= 4 is 16.0 Å². The van der Waals surface area contributed by atoms with Crippen LogP contribution in [0.3, 0.4) is 0 Å². The smallest absolute Gasteiger partial charge is 0.748 e. The van der Waals surface area contributed by atoms with Gasteiger partial charge in [0.15, 0.2) is 0 Å². The Bertz CT molecular complexity index is 620. The van der Waals surface area contributed by atoms with E-state index >= 15 is 0 Å². The number of rotatable bonds is 27. The Morgan fingerprint density at radius 2 is 1.05 bits per heavy atom. The molecule has 0 aromatic rings. The van der Waals surface area contributed by atoms with Crippen molar-refractivity contribution in [2.24, 2.45) is 0 Å². The van der Waals surface area contributed by atoms with E-state index in [2.05, 4.69) is 25.7 Å². The molecular formula is C30H60NNaO5S. The maximum absolute atomic E-state index is 12.8. The summed E-state index contributed by atoms with van der Waals surface area (Å²) in [4.78, 5) is 14.9. The van der Waals surface area contributed by atoms with E-state index in [-0.39, 0.29) is 41.9 Å². The Hall–Kier alpha value is 0.340. The van der Waals surface area contributed by atoms with Gasteiger partial charge in [0.1, 0.15) is 10.1 Å². The summed E-state index contributed by atoms with van der Waals surface area (Å²) < 4.78 is 35.0. The van der Waals surface area contributed by atoms with Gasteiger partial charge in [-0.15, -0.1) is 0 Å². The molecule has 0 aliphatic heterocycles. The van der Waals surface area contributed by atoms with Gasteiger partial charge in [0.25, 0.3) is 0 Å². The minimum Gasteiger partial charge on any atom is -0.748 e. The Morgan fingerprint density at radius 3 is 1.53 bits per heavy atom. The number of hydrogen-bond donors (Lipinski definition) is 1. The number of nitrogens with zero attached hydrogens (tertiary/aromatic N) is 1. The van der Waals surface area contributed by atoms with Crippen molar-refractivity contribution in [1.29, 1.82) is 0 Å². The molecule has 1 N–H and O–H groups in total. The van der Waals surface area contributed by atoms with Crippen molar-refractivity contribution < 1.29 is 52.4 Å². The monoisotopic (exact) mass is 569 g/mol. The van der Waals surface area contributed by atoms with Crippen molar-refractivity contribution in [2.75, 3.05) is 13.1 Å². The third-order valence-corrected chi connectivity index (χ3v) is 8.74. The van der Waals surface area contributed by atoms with Crippen molar-refractivity contribution in [3.05, 3.63) is 0 Å². The molecule has 0 rings (SSSR count). The molecule has 0 aromatic heterocycles. The zero-order valence-electron chi connectivity index (χ0n) is 25.6. The van der Waals surface area contributed by atoms with E-state index in [1.54, 1.807) is 0 Å². The summed E-state index contributed by atoms with van der Waals surface area (Å²) in [7, 11) is -4.49. The first kappa shape index (κ1) is 40.5. The molecule has 38 heavy (non-hydrogen) atoms. The third kappa shape index (κ3) is 23.1. The first-order valence-electron chi connectivity index (χ1n) is 15.7. The van der Waals surface area contributed by atoms with Crippen LogP contribution in [0.4, 0.5) is 0 Å². The van der Waals surface area contributed by atoms with Crippen molar-refractivity contribution in [3.8, 4) is 0 Å². The maximum atomic E-state index is 12.8. The Kier molecular flexibility index (Phi) is 29.3. The summed E-state index contributed by atoms with van der Waals surface area (Å²) in [5.41, 5.74) is 0. The molecule has 8 heteroatoms. The Labute approximate surface area is 258 Å². The van der Waals surface area contributed by atoms with Crippen LogP contribution in [-0.4, -0.2) is 53.3 Å². The number of unbranched alkanes of at least 4 members (excludes halogenated alkanes) is 15. The van der Waals surface area contributed by atoms with E-state index in [4.69, 9.17) is 0 Å². The number of aliphatic hydroxyl groups is 1. The van der Waals surface area contributed by atoms with Crippen LogP contribution in [0.2, 0.25) is 0 Å². The normalized spacial score (nSPS) is 13.2. The number of hydrogen-bond acceptors (Lipinski definition) is 5. The van der Waals surface area contributed by atoms with Gasteiger partial charge in [-0.3, -0.25) is 4.79 Å². The van der Waals surface area contributed by atoms with Crippen LogP contribution in [-0.2, 0) is 14.9 Å². The summed E-state index contributed by atoms with van der Waals surface area (Å²) in [6.45, 7) is 8.32. The predicted octanol–water partition coefficient (Wildman–Crippen LogP) is 4.74. The molecule has 0 spiro atoms. The van der Waals surface area contributed by atoms with Gasteiger partial charge in [0.2, 0.25) is 5.91 Å². The first-order valence-corrected chi connectivity index (χ1v) is 17.2. The van der Waals surface area contributed by atoms with Crippen molar-refractivity contribution in [1.82, 2.24) is 4.90 Å². The average Bonchev–Trinajstić information content (AvgIpc) is 2.85. The first-order chi connectivity index (χ1) is 17.8. The fourth-order valence-electron chi connectivity index (χ4n) is 4.98. The van der Waals surface area contributed by atoms with Crippen LogP contribution in [0.1, 0.15) is 162 Å². The van der Waals surface area contributed by atoms with Gasteiger partial charge in [-0.05, 0) is 32.1 Å². The van der Waals surface area contributed by atoms with Crippen LogP contribution in [0.25, 0.3) is 0 Å². The van der Waals surface area contributed by atoms with Crippen LogP contribution in [0, 0.1) is 0 Å². The minimum absolute atomic E-state index is 0. The summed E-state index contributed by atoms with van der Waals surface area (Å²) in [6.07, 6.45) is 20.0. The molecule has 0 aromatic carbocycles. The number of carbonyl (C=O) groups is 1. The third-order valence-electron chi connectivity index (χ3n) is 7.45. The van der Waals surface area contributed by atoms with Gasteiger partial charge in [-0.2, -0.15) is 0 Å². The molecular weight excluding hydrogens is 509 g/mol. The van der Waals surface area contributed by atoms with E-state index in [1.807, 2.05) is 0 Å². The second-order valence-corrected chi connectivity index (χ2v) is 12.6. The van der Waals surface area contributed by atoms with Gasteiger partial charge in [0, 0.05) is 19.5 Å². The second kappa shape index (κ2) is 27.5. The van der Waals surface area contributed by atoms with Gasteiger partial charge >= 0.3 is 29.6 Å². The fraction of sp³-hybridized carbons (Fsp3) is 0.967. The van der Waals surface area contributed by atoms with Gasteiger partial charge in [-0.1, -0.05) is 124 Å². The summed E-state index contributed by atoms with van der Waals surface area (Å²) in [5.74, 6) is 0.279. The number of amides is 1. The number of carbonyl (C=O) groups excluding carboxylic acids is 1. The van der Waals surface area contributed by atoms with E-state index in [1.165, 1.54) is 44.9 Å². The molecule has 1 amide bonds. The van der Waals surface area contributed by atoms with E-state index in [0.717, 1.165) is 77.3 Å². The van der Waals surface area contributed by atoms with Crippen molar-refractivity contribution in [2.45, 2.75) is 173 Å². The maximum Gasteiger partial charge on any atom is 1.00 e. The molecule has 0 radical (unpaired) electrons. The zero-order chi connectivity index (χ0) is 27.8. The zero-order valence-corrected chi connectivity index (χ0v) is 28.4. The number of aliphatic hydroxyl groups excluding tert-OH is 1. The molecule has 0 aliphatic rings. The fourth-order valence-corrected chi connectivity index (χ4v) is 5.96. The summed E-state index contributed by atoms with van der Waals surface area (Å²) in [6, 6.07) is 0. The van der Waals surface area contributed by atoms with Gasteiger partial charge in [0.05, 0.1) is 11.4 Å². The summed E-state index contributed by atoms with van der Waals surface area (Å²) in [5, 5.41) is 9.22. The SMILES string of the molecule is CCCCCCCCC(C(O)CCCCCCCC(=O)N(CCCCCC)CCCCCC)S(=O)(=O)[O-].[Na+]. The van der Waals surface area contributed by atoms with Crippen molar-refractivity contribution in [3.63, 3.8) is 0 Å². The standard InChI is InChI=1S/C30H61NO5S.Na/c1-4-7-10-13-16-19-24-29(37(34,35)36)28(32)23-18-15-14-17-20-25-30(33)31(26-21-11-8-5-2)27-22-12-9-6-3;/h28-29,32H,4-27H2,1-3H3,(H,34,35,36);/q;+1/p-1. The molecule has 6 nitrogen and oxygen atoms in total. The summed E-state index contributed by atoms with van der Waals surface area (Å²) >= 11 is 0. The van der Waals surface area contributed by atoms with E-state index < -0.39 is 21.5 Å². The molecule has 2 atom stereocenters. The van der Waals surface area contributed by atoms with Gasteiger partial charge in [-0.25, -0.2) is 8.42 Å². The predicted molar refractivity (Wildman–Crippen MR) is 155 cm³/mol. The molecule has 2 unspecified atom stereocenters. The molecule has 0 saturated carbocycles. The van der Waals surface area contributed by atoms with Crippen LogP contribution in [0.15, 0.2) is 0 Å². The molecule has 0 bridgehead atoms. The van der Waals surface area contributed by atoms with E-state index in [0.29, 0.717) is 25.7 Å². The van der Waals surface area contributed by atoms with E-state index in [9.17, 15) is 22.9 Å². The van der Waals surface area contributed by atoms with Crippen LogP contribution in [0.5, 0.6) is 0 Å². The van der Waals surface area contributed by atoms with Crippen LogP contribution >= 0.6 is 0 Å². The Morgan fingerprint density at radius 1 is 0.658 bits per heavy atom. The average molecular weight is 570 g/mol.